The highest BCUT2D eigenvalue weighted by atomic mass is 32.2. The second-order valence-electron chi connectivity index (χ2n) is 10.1. The Labute approximate surface area is 232 Å². The van der Waals surface area contributed by atoms with Crippen LogP contribution in [-0.2, 0) is 20.8 Å². The number of rotatable bonds is 9. The summed E-state index contributed by atoms with van der Waals surface area (Å²) in [5.41, 5.74) is -0.0679. The molecule has 2 unspecified atom stereocenters. The van der Waals surface area contributed by atoms with Gasteiger partial charge in [-0.05, 0) is 33.4 Å². The average Bonchev–Trinajstić information content (AvgIpc) is 3.47. The van der Waals surface area contributed by atoms with Crippen LogP contribution < -0.4 is 10.6 Å². The van der Waals surface area contributed by atoms with Crippen molar-refractivity contribution in [1.82, 2.24) is 20.2 Å². The van der Waals surface area contributed by atoms with Gasteiger partial charge in [-0.15, -0.1) is 11.8 Å². The largest absolute Gasteiger partial charge is 0.444 e. The molecule has 3 rings (SSSR count). The summed E-state index contributed by atoms with van der Waals surface area (Å²) in [6.45, 7) is 6.99. The minimum absolute atomic E-state index is 0.0159. The van der Waals surface area contributed by atoms with E-state index >= 15 is 0 Å². The molecule has 5 radical (unpaired) electrons. The van der Waals surface area contributed by atoms with Gasteiger partial charge in [-0.2, -0.15) is 0 Å². The zero-order valence-electron chi connectivity index (χ0n) is 22.3. The standard InChI is InChI=1S/C24H35N5O3S2.B3/c1-24(2,3)18-13-25-20(32-18)15-33-21-14-26-23(34-21)28-22(31)16-8-6-9-17(12-16)27-19(30)10-7-11-29(4)5;1-3-2/h7,10,13-14,16-17H,6,8-9,11-12,15H2,1-5H3,(H,27,30)(H,26,28,31);/b10-7+;. The molecule has 0 bridgehead atoms. The van der Waals surface area contributed by atoms with Gasteiger partial charge < -0.3 is 20.0 Å². The number of oxazole rings is 1. The number of thiazole rings is 1. The quantitative estimate of drug-likeness (QED) is 0.287. The van der Waals surface area contributed by atoms with Crippen LogP contribution in [0.1, 0.15) is 58.1 Å². The third-order valence-corrected chi connectivity index (χ3v) is 7.57. The summed E-state index contributed by atoms with van der Waals surface area (Å²) in [7, 11) is 13.9. The maximum absolute atomic E-state index is 12.8. The zero-order chi connectivity index (χ0) is 27.4. The van der Waals surface area contributed by atoms with E-state index in [1.807, 2.05) is 25.1 Å². The minimum atomic E-state index is -0.132. The first-order valence-corrected chi connectivity index (χ1v) is 14.0. The van der Waals surface area contributed by atoms with E-state index in [0.717, 1.165) is 36.3 Å². The predicted octanol–water partition coefficient (Wildman–Crippen LogP) is 3.31. The number of carbonyl (C=O) groups excluding carboxylic acids is 2. The number of hydrogen-bond acceptors (Lipinski definition) is 8. The monoisotopic (exact) mass is 538 g/mol. The lowest BCUT2D eigenvalue weighted by Crippen LogP contribution is -2.40. The molecule has 1 fully saturated rings. The number of hydrogen-bond donors (Lipinski definition) is 2. The zero-order valence-corrected chi connectivity index (χ0v) is 24.0. The molecular weight excluding hydrogens is 503 g/mol. The van der Waals surface area contributed by atoms with E-state index in [0.29, 0.717) is 29.7 Å². The first-order valence-electron chi connectivity index (χ1n) is 12.2. The number of anilines is 1. The summed E-state index contributed by atoms with van der Waals surface area (Å²) in [5.74, 6) is 1.89. The predicted molar refractivity (Wildman–Crippen MR) is 154 cm³/mol. The average molecular weight is 538 g/mol. The second-order valence-corrected chi connectivity index (χ2v) is 12.4. The van der Waals surface area contributed by atoms with Crippen molar-refractivity contribution < 1.29 is 14.0 Å². The summed E-state index contributed by atoms with van der Waals surface area (Å²) in [4.78, 5) is 35.7. The van der Waals surface area contributed by atoms with Crippen LogP contribution in [0.3, 0.4) is 0 Å². The van der Waals surface area contributed by atoms with Crippen LogP contribution in [-0.4, -0.2) is 75.9 Å². The summed E-state index contributed by atoms with van der Waals surface area (Å²) in [6.07, 6.45) is 10.2. The molecule has 2 aromatic heterocycles. The molecule has 2 heterocycles. The Morgan fingerprint density at radius 1 is 1.27 bits per heavy atom. The molecule has 2 aromatic rings. The number of carbonyl (C=O) groups is 2. The Balaban J connectivity index is 0.00000153. The number of aromatic nitrogens is 2. The van der Waals surface area contributed by atoms with Crippen molar-refractivity contribution in [2.45, 2.75) is 67.9 Å². The highest BCUT2D eigenvalue weighted by molar-refractivity contribution is 8.00. The number of amides is 2. The van der Waals surface area contributed by atoms with Crippen molar-refractivity contribution >= 4 is 62.6 Å². The van der Waals surface area contributed by atoms with Crippen LogP contribution in [0.4, 0.5) is 5.13 Å². The normalized spacial score (nSPS) is 17.8. The Morgan fingerprint density at radius 3 is 2.65 bits per heavy atom. The van der Waals surface area contributed by atoms with E-state index in [1.54, 1.807) is 30.2 Å². The first kappa shape index (κ1) is 31.2. The fraction of sp³-hybridized carbons (Fsp3) is 0.583. The highest BCUT2D eigenvalue weighted by Gasteiger charge is 2.28. The van der Waals surface area contributed by atoms with Gasteiger partial charge in [0.15, 0.2) is 5.13 Å². The molecule has 1 aliphatic rings. The Bertz CT molecular complexity index is 1020. The first-order chi connectivity index (χ1) is 17.5. The van der Waals surface area contributed by atoms with Crippen LogP contribution >= 0.6 is 23.1 Å². The lowest BCUT2D eigenvalue weighted by atomic mass is 9.40. The topological polar surface area (TPSA) is 100 Å². The molecule has 195 valence electrons. The van der Waals surface area contributed by atoms with Crippen LogP contribution in [0.5, 0.6) is 0 Å². The molecule has 8 nitrogen and oxygen atoms in total. The maximum atomic E-state index is 12.8. The van der Waals surface area contributed by atoms with E-state index < -0.39 is 0 Å². The van der Waals surface area contributed by atoms with Crippen LogP contribution in [0.2, 0.25) is 0 Å². The van der Waals surface area contributed by atoms with Gasteiger partial charge in [-0.25, -0.2) is 9.97 Å². The Hall–Kier alpha value is -1.98. The number of nitrogens with one attached hydrogen (secondary N) is 2. The van der Waals surface area contributed by atoms with Crippen molar-refractivity contribution in [2.24, 2.45) is 5.92 Å². The Kier molecular flexibility index (Phi) is 13.0. The molecule has 0 aliphatic heterocycles. The van der Waals surface area contributed by atoms with E-state index in [1.165, 1.54) is 11.3 Å². The second kappa shape index (κ2) is 15.4. The van der Waals surface area contributed by atoms with Gasteiger partial charge >= 0.3 is 0 Å². The van der Waals surface area contributed by atoms with Gasteiger partial charge in [-0.3, -0.25) is 9.59 Å². The van der Waals surface area contributed by atoms with Gasteiger partial charge in [0.25, 0.3) is 0 Å². The molecular formula is C24H35B3N5O3S2. The smallest absolute Gasteiger partial charge is 0.243 e. The molecule has 13 heteroatoms. The van der Waals surface area contributed by atoms with Gasteiger partial charge in [0.2, 0.25) is 17.7 Å². The summed E-state index contributed by atoms with van der Waals surface area (Å²) in [5, 5.41) is 6.58. The maximum Gasteiger partial charge on any atom is 0.243 e. The van der Waals surface area contributed by atoms with E-state index in [2.05, 4.69) is 56.8 Å². The van der Waals surface area contributed by atoms with Crippen LogP contribution in [0.25, 0.3) is 0 Å². The number of thioether (sulfide) groups is 1. The number of likely N-dealkylation sites (N-methyl/N-ethyl adjacent to an activating group) is 1. The van der Waals surface area contributed by atoms with E-state index in [-0.39, 0.29) is 29.2 Å². The third-order valence-electron chi connectivity index (χ3n) is 5.48. The van der Waals surface area contributed by atoms with E-state index in [4.69, 9.17) is 4.42 Å². The summed E-state index contributed by atoms with van der Waals surface area (Å²) >= 11 is 3.04. The van der Waals surface area contributed by atoms with Crippen molar-refractivity contribution in [3.8, 4) is 0 Å². The third kappa shape index (κ3) is 11.5. The molecule has 2 N–H and O–H groups in total. The van der Waals surface area contributed by atoms with Gasteiger partial charge in [0.05, 0.1) is 22.4 Å². The van der Waals surface area contributed by atoms with Crippen LogP contribution in [0, 0.1) is 5.92 Å². The Morgan fingerprint density at radius 2 is 2.00 bits per heavy atom. The molecule has 1 aliphatic carbocycles. The summed E-state index contributed by atoms with van der Waals surface area (Å²) in [6, 6.07) is 0.0159. The van der Waals surface area contributed by atoms with Crippen molar-refractivity contribution in [2.75, 3.05) is 26.0 Å². The van der Waals surface area contributed by atoms with Crippen molar-refractivity contribution in [3.63, 3.8) is 0 Å². The van der Waals surface area contributed by atoms with Gasteiger partial charge in [-0.1, -0.05) is 44.6 Å². The minimum Gasteiger partial charge on any atom is -0.444 e. The molecule has 1 saturated carbocycles. The SMILES string of the molecule is CN(C)C/C=C/C(=O)NC1CCCC(C(=O)Nc2ncc(SCc3ncc(C(C)(C)C)o3)s2)C1.[B][B][B]. The molecule has 2 atom stereocenters. The van der Waals surface area contributed by atoms with Gasteiger partial charge in [0, 0.05) is 52.5 Å². The fourth-order valence-electron chi connectivity index (χ4n) is 3.63. The molecule has 0 aromatic carbocycles. The molecule has 2 amide bonds. The van der Waals surface area contributed by atoms with E-state index in [9.17, 15) is 9.59 Å². The van der Waals surface area contributed by atoms with Crippen molar-refractivity contribution in [1.29, 1.82) is 0 Å². The molecule has 0 spiro atoms. The fourth-order valence-corrected chi connectivity index (χ4v) is 5.36. The molecule has 37 heavy (non-hydrogen) atoms. The lowest BCUT2D eigenvalue weighted by Gasteiger charge is -2.28. The summed E-state index contributed by atoms with van der Waals surface area (Å²) < 4.78 is 6.83. The van der Waals surface area contributed by atoms with Crippen molar-refractivity contribution in [3.05, 3.63) is 36.2 Å². The number of nitrogens with zero attached hydrogens (tertiary/aromatic N) is 3. The van der Waals surface area contributed by atoms with Crippen LogP contribution in [0.15, 0.2) is 33.2 Å². The highest BCUT2D eigenvalue weighted by Crippen LogP contribution is 2.33. The lowest BCUT2D eigenvalue weighted by molar-refractivity contribution is -0.122. The molecule has 0 saturated heterocycles. The van der Waals surface area contributed by atoms with Gasteiger partial charge in [0.1, 0.15) is 5.76 Å².